The van der Waals surface area contributed by atoms with Crippen LogP contribution in [0.25, 0.3) is 0 Å². The number of nitrogens with one attached hydrogen (secondary N) is 3. The first-order chi connectivity index (χ1) is 16.5. The SMILES string of the molecule is CCC(C)C(NC(=O)C(NC(=O)C(N)Cc1ccccc1)C(C)O)C(=O)NC(CCSC)C(=O)O. The van der Waals surface area contributed by atoms with Crippen LogP contribution >= 0.6 is 11.8 Å². The second-order valence-electron chi connectivity index (χ2n) is 8.58. The Balaban J connectivity index is 2.92. The van der Waals surface area contributed by atoms with Gasteiger partial charge in [-0.15, -0.1) is 0 Å². The topological polar surface area (TPSA) is 171 Å². The molecule has 1 rings (SSSR count). The highest BCUT2D eigenvalue weighted by molar-refractivity contribution is 7.98. The number of aliphatic hydroxyl groups excluding tert-OH is 1. The Morgan fingerprint density at radius 3 is 2.06 bits per heavy atom. The van der Waals surface area contributed by atoms with E-state index in [1.807, 2.05) is 43.5 Å². The predicted molar refractivity (Wildman–Crippen MR) is 136 cm³/mol. The van der Waals surface area contributed by atoms with E-state index in [2.05, 4.69) is 16.0 Å². The van der Waals surface area contributed by atoms with Crippen LogP contribution in [0.15, 0.2) is 30.3 Å². The summed E-state index contributed by atoms with van der Waals surface area (Å²) in [6.45, 7) is 4.92. The molecule has 0 aliphatic rings. The lowest BCUT2D eigenvalue weighted by atomic mass is 9.97. The molecule has 0 aliphatic heterocycles. The number of hydrogen-bond acceptors (Lipinski definition) is 7. The van der Waals surface area contributed by atoms with Gasteiger partial charge in [-0.2, -0.15) is 11.8 Å². The highest BCUT2D eigenvalue weighted by Crippen LogP contribution is 2.11. The van der Waals surface area contributed by atoms with Crippen molar-refractivity contribution in [3.8, 4) is 0 Å². The molecule has 7 N–H and O–H groups in total. The summed E-state index contributed by atoms with van der Waals surface area (Å²) in [5.41, 5.74) is 6.84. The monoisotopic (exact) mass is 510 g/mol. The van der Waals surface area contributed by atoms with Crippen molar-refractivity contribution in [2.24, 2.45) is 11.7 Å². The summed E-state index contributed by atoms with van der Waals surface area (Å²) < 4.78 is 0. The van der Waals surface area contributed by atoms with Gasteiger partial charge < -0.3 is 31.9 Å². The summed E-state index contributed by atoms with van der Waals surface area (Å²) in [5.74, 6) is -2.99. The van der Waals surface area contributed by atoms with Gasteiger partial charge in [0.15, 0.2) is 0 Å². The lowest BCUT2D eigenvalue weighted by molar-refractivity contribution is -0.142. The largest absolute Gasteiger partial charge is 0.480 e. The van der Waals surface area contributed by atoms with Crippen molar-refractivity contribution in [1.82, 2.24) is 16.0 Å². The number of carbonyl (C=O) groups is 4. The van der Waals surface area contributed by atoms with Crippen molar-refractivity contribution in [3.05, 3.63) is 35.9 Å². The fourth-order valence-electron chi connectivity index (χ4n) is 3.33. The molecule has 3 amide bonds. The molecule has 6 atom stereocenters. The smallest absolute Gasteiger partial charge is 0.326 e. The molecule has 10 nitrogen and oxygen atoms in total. The Kier molecular flexibility index (Phi) is 13.4. The van der Waals surface area contributed by atoms with E-state index >= 15 is 0 Å². The van der Waals surface area contributed by atoms with Gasteiger partial charge in [-0.25, -0.2) is 4.79 Å². The normalized spacial score (nSPS) is 16.2. The van der Waals surface area contributed by atoms with Crippen molar-refractivity contribution < 1.29 is 29.4 Å². The third-order valence-corrected chi connectivity index (χ3v) is 6.36. The lowest BCUT2D eigenvalue weighted by Crippen LogP contribution is -2.61. The Hall–Kier alpha value is -2.63. The fourth-order valence-corrected chi connectivity index (χ4v) is 3.80. The summed E-state index contributed by atoms with van der Waals surface area (Å²) in [6, 6.07) is 4.68. The quantitative estimate of drug-likeness (QED) is 0.195. The number of carboxylic acids is 1. The summed E-state index contributed by atoms with van der Waals surface area (Å²) in [6.07, 6.45) is 1.56. The van der Waals surface area contributed by atoms with Crippen LogP contribution in [0.1, 0.15) is 39.2 Å². The molecule has 0 aromatic heterocycles. The molecule has 6 unspecified atom stereocenters. The number of aliphatic hydroxyl groups is 1. The summed E-state index contributed by atoms with van der Waals surface area (Å²) >= 11 is 1.46. The molecular weight excluding hydrogens is 472 g/mol. The van der Waals surface area contributed by atoms with Crippen LogP contribution in [0.4, 0.5) is 0 Å². The van der Waals surface area contributed by atoms with E-state index in [-0.39, 0.29) is 18.8 Å². The Bertz CT molecular complexity index is 839. The zero-order valence-electron chi connectivity index (χ0n) is 20.7. The second kappa shape index (κ2) is 15.4. The van der Waals surface area contributed by atoms with Crippen LogP contribution in [0, 0.1) is 5.92 Å². The minimum absolute atomic E-state index is 0.231. The maximum absolute atomic E-state index is 13.0. The highest BCUT2D eigenvalue weighted by atomic mass is 32.2. The number of carbonyl (C=O) groups excluding carboxylic acids is 3. The van der Waals surface area contributed by atoms with Crippen LogP contribution in [-0.4, -0.2) is 76.2 Å². The first-order valence-corrected chi connectivity index (χ1v) is 13.0. The Morgan fingerprint density at radius 1 is 0.971 bits per heavy atom. The average Bonchev–Trinajstić information content (AvgIpc) is 2.82. The number of amides is 3. The van der Waals surface area contributed by atoms with E-state index < -0.39 is 54.0 Å². The first kappa shape index (κ1) is 30.4. The molecular formula is C24H38N4O6S. The number of aliphatic carboxylic acids is 1. The molecule has 0 saturated heterocycles. The minimum atomic E-state index is -1.35. The Labute approximate surface area is 210 Å². The van der Waals surface area contributed by atoms with E-state index in [9.17, 15) is 29.4 Å². The number of benzene rings is 1. The third kappa shape index (κ3) is 10.3. The highest BCUT2D eigenvalue weighted by Gasteiger charge is 2.34. The van der Waals surface area contributed by atoms with Gasteiger partial charge in [0.05, 0.1) is 12.1 Å². The zero-order valence-corrected chi connectivity index (χ0v) is 21.5. The summed E-state index contributed by atoms with van der Waals surface area (Å²) in [7, 11) is 0. The van der Waals surface area contributed by atoms with Gasteiger partial charge >= 0.3 is 5.97 Å². The van der Waals surface area contributed by atoms with E-state index in [0.29, 0.717) is 12.2 Å². The van der Waals surface area contributed by atoms with Crippen molar-refractivity contribution in [2.45, 2.75) is 70.3 Å². The molecule has 196 valence electrons. The first-order valence-electron chi connectivity index (χ1n) is 11.6. The molecule has 35 heavy (non-hydrogen) atoms. The number of thioether (sulfide) groups is 1. The van der Waals surface area contributed by atoms with Gasteiger partial charge in [0, 0.05) is 0 Å². The van der Waals surface area contributed by atoms with Crippen LogP contribution in [0.5, 0.6) is 0 Å². The lowest BCUT2D eigenvalue weighted by Gasteiger charge is -2.29. The summed E-state index contributed by atoms with van der Waals surface area (Å²) in [4.78, 5) is 50.1. The van der Waals surface area contributed by atoms with Crippen LogP contribution in [-0.2, 0) is 25.6 Å². The average molecular weight is 511 g/mol. The number of nitrogens with two attached hydrogens (primary N) is 1. The van der Waals surface area contributed by atoms with Crippen molar-refractivity contribution in [2.75, 3.05) is 12.0 Å². The molecule has 0 fully saturated rings. The van der Waals surface area contributed by atoms with Gasteiger partial charge in [0.2, 0.25) is 17.7 Å². The van der Waals surface area contributed by atoms with Gasteiger partial charge in [-0.1, -0.05) is 50.6 Å². The van der Waals surface area contributed by atoms with Gasteiger partial charge in [0.25, 0.3) is 0 Å². The molecule has 0 spiro atoms. The standard InChI is InChI=1S/C24H38N4O6S/c1-5-14(2)19(22(31)26-18(24(33)34)11-12-35-4)27-23(32)20(15(3)29)28-21(30)17(25)13-16-9-7-6-8-10-16/h6-10,14-15,17-20,29H,5,11-13,25H2,1-4H3,(H,26,31)(H,27,32)(H,28,30)(H,33,34). The maximum Gasteiger partial charge on any atom is 0.326 e. The van der Waals surface area contributed by atoms with Crippen LogP contribution in [0.3, 0.4) is 0 Å². The molecule has 1 aromatic carbocycles. The van der Waals surface area contributed by atoms with E-state index in [1.165, 1.54) is 18.7 Å². The van der Waals surface area contributed by atoms with E-state index in [4.69, 9.17) is 5.73 Å². The fraction of sp³-hybridized carbons (Fsp3) is 0.583. The second-order valence-corrected chi connectivity index (χ2v) is 9.56. The maximum atomic E-state index is 13.0. The van der Waals surface area contributed by atoms with Gasteiger partial charge in [0.1, 0.15) is 18.1 Å². The van der Waals surface area contributed by atoms with Crippen LogP contribution in [0.2, 0.25) is 0 Å². The van der Waals surface area contributed by atoms with E-state index in [1.54, 1.807) is 6.92 Å². The predicted octanol–water partition coefficient (Wildman–Crippen LogP) is 0.275. The minimum Gasteiger partial charge on any atom is -0.480 e. The van der Waals surface area contributed by atoms with Crippen molar-refractivity contribution in [3.63, 3.8) is 0 Å². The Morgan fingerprint density at radius 2 is 1.54 bits per heavy atom. The number of rotatable bonds is 15. The molecule has 1 aromatic rings. The molecule has 11 heteroatoms. The molecule has 0 heterocycles. The number of hydrogen-bond donors (Lipinski definition) is 6. The molecule has 0 saturated carbocycles. The van der Waals surface area contributed by atoms with Crippen molar-refractivity contribution >= 4 is 35.5 Å². The number of carboxylic acid groups (broad SMARTS) is 1. The van der Waals surface area contributed by atoms with Crippen LogP contribution < -0.4 is 21.7 Å². The van der Waals surface area contributed by atoms with Gasteiger partial charge in [-0.3, -0.25) is 14.4 Å². The van der Waals surface area contributed by atoms with E-state index in [0.717, 1.165) is 5.56 Å². The van der Waals surface area contributed by atoms with Gasteiger partial charge in [-0.05, 0) is 43.3 Å². The zero-order chi connectivity index (χ0) is 26.5. The summed E-state index contributed by atoms with van der Waals surface area (Å²) in [5, 5.41) is 27.1. The third-order valence-electron chi connectivity index (χ3n) is 5.72. The molecule has 0 bridgehead atoms. The molecule has 0 radical (unpaired) electrons. The van der Waals surface area contributed by atoms with Crippen molar-refractivity contribution in [1.29, 1.82) is 0 Å². The molecule has 0 aliphatic carbocycles.